The third kappa shape index (κ3) is 6.01. The van der Waals surface area contributed by atoms with Crippen LogP contribution in [0, 0.1) is 0 Å². The number of aliphatic hydroxyl groups is 2. The fraction of sp³-hybridized carbons (Fsp3) is 0.636. The summed E-state index contributed by atoms with van der Waals surface area (Å²) in [7, 11) is 1.46. The summed E-state index contributed by atoms with van der Waals surface area (Å²) >= 11 is 0. The lowest BCUT2D eigenvalue weighted by atomic mass is 10.00. The quantitative estimate of drug-likeness (QED) is 0.395. The van der Waals surface area contributed by atoms with Crippen molar-refractivity contribution >= 4 is 11.9 Å². The standard InChI is InChI=1S/C22H32O9/c1-6-7-8-9-18(23)31-14(3)22(4,26)21(25)30-13(2)19(24)15-10-16(27-5)20-17(11-15)28-12-29-20/h10-11,13-14,19,24,26H,6-9,12H2,1-5H3/t13-,14-,19-,22+/m0/s1. The van der Waals surface area contributed by atoms with Crippen LogP contribution < -0.4 is 14.2 Å². The first-order chi connectivity index (χ1) is 14.6. The van der Waals surface area contributed by atoms with Crippen LogP contribution in [0.25, 0.3) is 0 Å². The number of aliphatic hydroxyl groups excluding tert-OH is 1. The molecular formula is C22H32O9. The maximum Gasteiger partial charge on any atom is 0.342 e. The van der Waals surface area contributed by atoms with Gasteiger partial charge >= 0.3 is 11.9 Å². The van der Waals surface area contributed by atoms with Crippen LogP contribution in [0.15, 0.2) is 12.1 Å². The average molecular weight is 440 g/mol. The van der Waals surface area contributed by atoms with Crippen LogP contribution in [0.4, 0.5) is 0 Å². The lowest BCUT2D eigenvalue weighted by molar-refractivity contribution is -0.190. The number of rotatable bonds is 11. The van der Waals surface area contributed by atoms with Gasteiger partial charge in [-0.15, -0.1) is 0 Å². The van der Waals surface area contributed by atoms with E-state index >= 15 is 0 Å². The molecule has 31 heavy (non-hydrogen) atoms. The summed E-state index contributed by atoms with van der Waals surface area (Å²) in [4.78, 5) is 24.5. The SMILES string of the molecule is CCCCCC(=O)O[C@@H](C)[C@@](C)(O)C(=O)O[C@@H](C)[C@H](O)c1cc(OC)c2c(c1)OCO2. The van der Waals surface area contributed by atoms with E-state index in [1.54, 1.807) is 12.1 Å². The van der Waals surface area contributed by atoms with Gasteiger partial charge in [-0.1, -0.05) is 19.8 Å². The van der Waals surface area contributed by atoms with Gasteiger partial charge in [0.2, 0.25) is 12.5 Å². The molecule has 0 bridgehead atoms. The number of carbonyl (C=O) groups is 2. The number of hydrogen-bond donors (Lipinski definition) is 2. The molecule has 174 valence electrons. The minimum Gasteiger partial charge on any atom is -0.493 e. The zero-order chi connectivity index (χ0) is 23.2. The Hall–Kier alpha value is -2.52. The molecule has 1 heterocycles. The molecule has 0 spiro atoms. The second-order valence-corrected chi connectivity index (χ2v) is 7.75. The van der Waals surface area contributed by atoms with E-state index in [0.717, 1.165) is 12.8 Å². The second-order valence-electron chi connectivity index (χ2n) is 7.75. The number of esters is 2. The summed E-state index contributed by atoms with van der Waals surface area (Å²) in [6.07, 6.45) is -0.624. The van der Waals surface area contributed by atoms with Crippen molar-refractivity contribution in [3.05, 3.63) is 17.7 Å². The first kappa shape index (κ1) is 24.7. The maximum absolute atomic E-state index is 12.6. The van der Waals surface area contributed by atoms with E-state index in [9.17, 15) is 19.8 Å². The first-order valence-electron chi connectivity index (χ1n) is 10.4. The Bertz CT molecular complexity index is 774. The third-order valence-corrected chi connectivity index (χ3v) is 5.26. The van der Waals surface area contributed by atoms with Gasteiger partial charge in [0.15, 0.2) is 17.1 Å². The molecule has 0 saturated heterocycles. The summed E-state index contributed by atoms with van der Waals surface area (Å²) in [6.45, 7) is 6.17. The van der Waals surface area contributed by atoms with Crippen LogP contribution in [0.2, 0.25) is 0 Å². The molecule has 0 aliphatic carbocycles. The van der Waals surface area contributed by atoms with Crippen molar-refractivity contribution < 1.29 is 43.5 Å². The van der Waals surface area contributed by atoms with E-state index in [-0.39, 0.29) is 13.2 Å². The van der Waals surface area contributed by atoms with Crippen molar-refractivity contribution in [3.63, 3.8) is 0 Å². The Labute approximate surface area is 182 Å². The van der Waals surface area contributed by atoms with E-state index in [1.165, 1.54) is 27.9 Å². The van der Waals surface area contributed by atoms with Gasteiger partial charge in [0.25, 0.3) is 0 Å². The Morgan fingerprint density at radius 3 is 2.55 bits per heavy atom. The van der Waals surface area contributed by atoms with Crippen LogP contribution in [0.1, 0.15) is 65.0 Å². The Balaban J connectivity index is 2.01. The van der Waals surface area contributed by atoms with E-state index < -0.39 is 35.9 Å². The Kier molecular flexibility index (Phi) is 8.52. The van der Waals surface area contributed by atoms with Crippen molar-refractivity contribution in [1.29, 1.82) is 0 Å². The van der Waals surface area contributed by atoms with Crippen molar-refractivity contribution in [2.45, 2.75) is 77.3 Å². The molecule has 9 nitrogen and oxygen atoms in total. The molecule has 1 aromatic carbocycles. The number of hydrogen-bond acceptors (Lipinski definition) is 9. The van der Waals surface area contributed by atoms with Gasteiger partial charge in [-0.05, 0) is 44.9 Å². The van der Waals surface area contributed by atoms with Gasteiger partial charge in [-0.3, -0.25) is 4.79 Å². The minimum absolute atomic E-state index is 0.0354. The molecule has 9 heteroatoms. The van der Waals surface area contributed by atoms with E-state index in [1.807, 2.05) is 6.92 Å². The highest BCUT2D eigenvalue weighted by Gasteiger charge is 2.42. The van der Waals surface area contributed by atoms with Crippen LogP contribution in [-0.4, -0.2) is 53.9 Å². The average Bonchev–Trinajstić information content (AvgIpc) is 3.21. The number of fused-ring (bicyclic) bond motifs is 1. The van der Waals surface area contributed by atoms with Gasteiger partial charge in [-0.25, -0.2) is 4.79 Å². The predicted octanol–water partition coefficient (Wildman–Crippen LogP) is 2.65. The monoisotopic (exact) mass is 440 g/mol. The fourth-order valence-corrected chi connectivity index (χ4v) is 3.00. The van der Waals surface area contributed by atoms with Gasteiger partial charge in [0.1, 0.15) is 18.3 Å². The highest BCUT2D eigenvalue weighted by Crippen LogP contribution is 2.43. The van der Waals surface area contributed by atoms with Crippen molar-refractivity contribution in [2.75, 3.05) is 13.9 Å². The van der Waals surface area contributed by atoms with Crippen molar-refractivity contribution in [1.82, 2.24) is 0 Å². The molecule has 0 fully saturated rings. The molecule has 0 amide bonds. The molecule has 1 aliphatic rings. The molecule has 0 saturated carbocycles. The Morgan fingerprint density at radius 1 is 1.19 bits per heavy atom. The van der Waals surface area contributed by atoms with Crippen LogP contribution >= 0.6 is 0 Å². The van der Waals surface area contributed by atoms with Crippen LogP contribution in [0.5, 0.6) is 17.2 Å². The molecule has 0 radical (unpaired) electrons. The molecule has 0 unspecified atom stereocenters. The lowest BCUT2D eigenvalue weighted by Crippen LogP contribution is -2.49. The number of methoxy groups -OCH3 is 1. The lowest BCUT2D eigenvalue weighted by Gasteiger charge is -2.30. The predicted molar refractivity (Wildman–Crippen MR) is 110 cm³/mol. The van der Waals surface area contributed by atoms with Gasteiger partial charge in [0.05, 0.1) is 7.11 Å². The topological polar surface area (TPSA) is 121 Å². The fourth-order valence-electron chi connectivity index (χ4n) is 3.00. The van der Waals surface area contributed by atoms with E-state index in [0.29, 0.717) is 29.2 Å². The minimum atomic E-state index is -2.08. The summed E-state index contributed by atoms with van der Waals surface area (Å²) in [5.74, 6) is -0.295. The Morgan fingerprint density at radius 2 is 1.90 bits per heavy atom. The normalized spacial score (nSPS) is 17.3. The number of benzene rings is 1. The first-order valence-corrected chi connectivity index (χ1v) is 10.4. The van der Waals surface area contributed by atoms with Gasteiger partial charge in [-0.2, -0.15) is 0 Å². The molecule has 4 atom stereocenters. The molecular weight excluding hydrogens is 408 g/mol. The van der Waals surface area contributed by atoms with Gasteiger partial charge < -0.3 is 33.9 Å². The summed E-state index contributed by atoms with van der Waals surface area (Å²) < 4.78 is 26.4. The third-order valence-electron chi connectivity index (χ3n) is 5.26. The molecule has 1 aromatic rings. The maximum atomic E-state index is 12.6. The van der Waals surface area contributed by atoms with Crippen LogP contribution in [0.3, 0.4) is 0 Å². The van der Waals surface area contributed by atoms with E-state index in [2.05, 4.69) is 0 Å². The highest BCUT2D eigenvalue weighted by molar-refractivity contribution is 5.80. The molecule has 1 aliphatic heterocycles. The summed E-state index contributed by atoms with van der Waals surface area (Å²) in [5.41, 5.74) is -1.70. The zero-order valence-electron chi connectivity index (χ0n) is 18.7. The second kappa shape index (κ2) is 10.7. The molecule has 2 N–H and O–H groups in total. The van der Waals surface area contributed by atoms with Gasteiger partial charge in [0, 0.05) is 6.42 Å². The largest absolute Gasteiger partial charge is 0.493 e. The number of carbonyl (C=O) groups excluding carboxylic acids is 2. The summed E-state index contributed by atoms with van der Waals surface area (Å²) in [6, 6.07) is 3.13. The smallest absolute Gasteiger partial charge is 0.342 e. The molecule has 0 aromatic heterocycles. The van der Waals surface area contributed by atoms with Crippen molar-refractivity contribution in [2.24, 2.45) is 0 Å². The summed E-state index contributed by atoms with van der Waals surface area (Å²) in [5, 5.41) is 21.3. The van der Waals surface area contributed by atoms with E-state index in [4.69, 9.17) is 23.7 Å². The van der Waals surface area contributed by atoms with Crippen LogP contribution in [-0.2, 0) is 19.1 Å². The zero-order valence-corrected chi connectivity index (χ0v) is 18.7. The molecule has 2 rings (SSSR count). The number of unbranched alkanes of at least 4 members (excludes halogenated alkanes) is 2. The highest BCUT2D eigenvalue weighted by atomic mass is 16.7. The number of ether oxygens (including phenoxy) is 5. The van der Waals surface area contributed by atoms with Crippen molar-refractivity contribution in [3.8, 4) is 17.2 Å².